The summed E-state index contributed by atoms with van der Waals surface area (Å²) in [5, 5.41) is 19.6. The average Bonchev–Trinajstić information content (AvgIpc) is 3.14. The number of hydrogen-bond donors (Lipinski definition) is 2. The van der Waals surface area contributed by atoms with E-state index in [4.69, 9.17) is 0 Å². The number of unbranched alkanes of at least 4 members (excludes halogenated alkanes) is 1. The Balaban J connectivity index is 1.86. The molecule has 0 fully saturated rings. The molecule has 2 heterocycles. The highest BCUT2D eigenvalue weighted by atomic mass is 32.2. The van der Waals surface area contributed by atoms with Gasteiger partial charge in [0.2, 0.25) is 16.2 Å². The first-order valence-electron chi connectivity index (χ1n) is 7.33. The molecule has 0 aliphatic rings. The Morgan fingerprint density at radius 1 is 1.41 bits per heavy atom. The fourth-order valence-corrected chi connectivity index (χ4v) is 3.17. The zero-order valence-electron chi connectivity index (χ0n) is 12.9. The van der Waals surface area contributed by atoms with Crippen molar-refractivity contribution in [3.63, 3.8) is 0 Å². The molecule has 0 radical (unpaired) electrons. The van der Waals surface area contributed by atoms with Crippen molar-refractivity contribution in [2.45, 2.75) is 56.9 Å². The lowest BCUT2D eigenvalue weighted by atomic mass is 10.3. The number of rotatable bonds is 8. The van der Waals surface area contributed by atoms with E-state index in [-0.39, 0.29) is 11.2 Å². The molecule has 2 rings (SSSR count). The predicted molar refractivity (Wildman–Crippen MR) is 88.2 cm³/mol. The van der Waals surface area contributed by atoms with E-state index in [0.29, 0.717) is 10.3 Å². The van der Waals surface area contributed by atoms with Crippen molar-refractivity contribution in [2.75, 3.05) is 5.32 Å². The van der Waals surface area contributed by atoms with Gasteiger partial charge >= 0.3 is 0 Å². The minimum Gasteiger partial charge on any atom is -0.300 e. The SMILES string of the molecule is CCCCc1nnc(NC(=O)C(C)Sc2n[nH]c(CC)n2)s1. The average molecular weight is 340 g/mol. The quantitative estimate of drug-likeness (QED) is 0.717. The van der Waals surface area contributed by atoms with Crippen molar-refractivity contribution < 1.29 is 4.79 Å². The van der Waals surface area contributed by atoms with Crippen molar-refractivity contribution >= 4 is 34.1 Å². The standard InChI is InChI=1S/C13H20N6OS2/c1-4-6-7-10-17-19-13(22-10)15-11(20)8(3)21-12-14-9(5-2)16-18-12/h8H,4-7H2,1-3H3,(H,14,16,18)(H,15,19,20). The summed E-state index contributed by atoms with van der Waals surface area (Å²) in [6.45, 7) is 5.95. The van der Waals surface area contributed by atoms with Crippen LogP contribution >= 0.6 is 23.1 Å². The number of H-pyrrole nitrogens is 1. The molecule has 120 valence electrons. The normalized spacial score (nSPS) is 12.3. The number of aromatic amines is 1. The molecular formula is C13H20N6OS2. The molecule has 0 spiro atoms. The predicted octanol–water partition coefficient (Wildman–Crippen LogP) is 2.68. The van der Waals surface area contributed by atoms with Crippen LogP contribution in [0.1, 0.15) is 44.4 Å². The Kier molecular flexibility index (Phi) is 6.32. The van der Waals surface area contributed by atoms with Gasteiger partial charge in [0, 0.05) is 12.8 Å². The number of thioether (sulfide) groups is 1. The number of amides is 1. The van der Waals surface area contributed by atoms with Crippen molar-refractivity contribution in [3.8, 4) is 0 Å². The number of aryl methyl sites for hydroxylation is 2. The Labute approximate surface area is 137 Å². The molecule has 0 saturated heterocycles. The summed E-state index contributed by atoms with van der Waals surface area (Å²) in [5.74, 6) is 0.700. The second-order valence-electron chi connectivity index (χ2n) is 4.77. The molecule has 0 saturated carbocycles. The van der Waals surface area contributed by atoms with Crippen LogP contribution in [0.4, 0.5) is 5.13 Å². The first-order valence-corrected chi connectivity index (χ1v) is 9.03. The molecule has 22 heavy (non-hydrogen) atoms. The Morgan fingerprint density at radius 3 is 2.91 bits per heavy atom. The minimum absolute atomic E-state index is 0.119. The van der Waals surface area contributed by atoms with Gasteiger partial charge < -0.3 is 0 Å². The van der Waals surface area contributed by atoms with E-state index in [1.54, 1.807) is 0 Å². The number of nitrogens with one attached hydrogen (secondary N) is 2. The summed E-state index contributed by atoms with van der Waals surface area (Å²) in [7, 11) is 0. The lowest BCUT2D eigenvalue weighted by Gasteiger charge is -2.07. The molecular weight excluding hydrogens is 320 g/mol. The summed E-state index contributed by atoms with van der Waals surface area (Å²) < 4.78 is 0. The van der Waals surface area contributed by atoms with Gasteiger partial charge in [-0.1, -0.05) is 43.4 Å². The maximum atomic E-state index is 12.2. The van der Waals surface area contributed by atoms with Crippen LogP contribution in [-0.4, -0.2) is 36.5 Å². The van der Waals surface area contributed by atoms with Gasteiger partial charge in [-0.2, -0.15) is 0 Å². The second-order valence-corrected chi connectivity index (χ2v) is 7.14. The lowest BCUT2D eigenvalue weighted by Crippen LogP contribution is -2.22. The molecule has 7 nitrogen and oxygen atoms in total. The maximum absolute atomic E-state index is 12.2. The highest BCUT2D eigenvalue weighted by molar-refractivity contribution is 8.00. The first-order chi connectivity index (χ1) is 10.6. The molecule has 1 amide bonds. The molecule has 0 aromatic carbocycles. The second kappa shape index (κ2) is 8.23. The van der Waals surface area contributed by atoms with Crippen LogP contribution in [0, 0.1) is 0 Å². The topological polar surface area (TPSA) is 96.5 Å². The molecule has 0 bridgehead atoms. The highest BCUT2D eigenvalue weighted by Gasteiger charge is 2.18. The largest absolute Gasteiger partial charge is 0.300 e. The first kappa shape index (κ1) is 16.9. The number of hydrogen-bond acceptors (Lipinski definition) is 7. The summed E-state index contributed by atoms with van der Waals surface area (Å²) >= 11 is 2.75. The van der Waals surface area contributed by atoms with Gasteiger partial charge in [0.05, 0.1) is 5.25 Å². The number of nitrogens with zero attached hydrogens (tertiary/aromatic N) is 4. The van der Waals surface area contributed by atoms with Crippen LogP contribution in [-0.2, 0) is 17.6 Å². The number of carbonyl (C=O) groups is 1. The van der Waals surface area contributed by atoms with Gasteiger partial charge in [-0.3, -0.25) is 15.2 Å². The maximum Gasteiger partial charge on any atom is 0.239 e. The van der Waals surface area contributed by atoms with E-state index in [1.807, 2.05) is 13.8 Å². The van der Waals surface area contributed by atoms with E-state index in [2.05, 4.69) is 37.6 Å². The number of anilines is 1. The van der Waals surface area contributed by atoms with Crippen molar-refractivity contribution in [2.24, 2.45) is 0 Å². The molecule has 0 aliphatic carbocycles. The van der Waals surface area contributed by atoms with Crippen LogP contribution < -0.4 is 5.32 Å². The summed E-state index contributed by atoms with van der Waals surface area (Å²) in [4.78, 5) is 16.4. The third kappa shape index (κ3) is 4.77. The monoisotopic (exact) mass is 340 g/mol. The molecule has 2 N–H and O–H groups in total. The molecule has 0 aliphatic heterocycles. The van der Waals surface area contributed by atoms with Gasteiger partial charge in [0.25, 0.3) is 0 Å². The molecule has 1 unspecified atom stereocenters. The Morgan fingerprint density at radius 2 is 2.23 bits per heavy atom. The zero-order valence-corrected chi connectivity index (χ0v) is 14.6. The van der Waals surface area contributed by atoms with Crippen molar-refractivity contribution in [1.29, 1.82) is 0 Å². The Bertz CT molecular complexity index is 611. The van der Waals surface area contributed by atoms with Crippen LogP contribution in [0.25, 0.3) is 0 Å². The number of aromatic nitrogens is 5. The summed E-state index contributed by atoms with van der Waals surface area (Å²) in [6, 6.07) is 0. The van der Waals surface area contributed by atoms with Gasteiger partial charge in [0.15, 0.2) is 0 Å². The van der Waals surface area contributed by atoms with E-state index in [9.17, 15) is 4.79 Å². The lowest BCUT2D eigenvalue weighted by molar-refractivity contribution is -0.115. The van der Waals surface area contributed by atoms with Gasteiger partial charge in [0.1, 0.15) is 10.8 Å². The third-order valence-electron chi connectivity index (χ3n) is 2.94. The van der Waals surface area contributed by atoms with Crippen molar-refractivity contribution in [3.05, 3.63) is 10.8 Å². The van der Waals surface area contributed by atoms with Crippen LogP contribution in [0.3, 0.4) is 0 Å². The number of carbonyl (C=O) groups excluding carboxylic acids is 1. The van der Waals surface area contributed by atoms with Gasteiger partial charge in [-0.05, 0) is 13.3 Å². The van der Waals surface area contributed by atoms with E-state index in [0.717, 1.165) is 36.5 Å². The fraction of sp³-hybridized carbons (Fsp3) is 0.615. The highest BCUT2D eigenvalue weighted by Crippen LogP contribution is 2.22. The van der Waals surface area contributed by atoms with E-state index in [1.165, 1.54) is 23.1 Å². The minimum atomic E-state index is -0.302. The van der Waals surface area contributed by atoms with E-state index >= 15 is 0 Å². The van der Waals surface area contributed by atoms with Crippen LogP contribution in [0.15, 0.2) is 5.16 Å². The summed E-state index contributed by atoms with van der Waals surface area (Å²) in [6.07, 6.45) is 3.90. The third-order valence-corrected chi connectivity index (χ3v) is 4.80. The zero-order chi connectivity index (χ0) is 15.9. The Hall–Kier alpha value is -1.48. The van der Waals surface area contributed by atoms with Gasteiger partial charge in [-0.25, -0.2) is 4.98 Å². The van der Waals surface area contributed by atoms with E-state index < -0.39 is 0 Å². The van der Waals surface area contributed by atoms with Gasteiger partial charge in [-0.15, -0.1) is 15.3 Å². The molecule has 2 aromatic rings. The van der Waals surface area contributed by atoms with Crippen LogP contribution in [0.2, 0.25) is 0 Å². The molecule has 2 aromatic heterocycles. The summed E-state index contributed by atoms with van der Waals surface area (Å²) in [5.41, 5.74) is 0. The molecule has 1 atom stereocenters. The van der Waals surface area contributed by atoms with Crippen molar-refractivity contribution in [1.82, 2.24) is 25.4 Å². The van der Waals surface area contributed by atoms with Crippen LogP contribution in [0.5, 0.6) is 0 Å². The smallest absolute Gasteiger partial charge is 0.239 e. The molecule has 9 heteroatoms. The fourth-order valence-electron chi connectivity index (χ4n) is 1.64.